The van der Waals surface area contributed by atoms with Crippen molar-refractivity contribution in [2.24, 2.45) is 0 Å². The average molecular weight is 273 g/mol. The molecular weight excluding hydrogens is 262 g/mol. The smallest absolute Gasteiger partial charge is 0.325 e. The maximum absolute atomic E-state index is 10.8. The minimum atomic E-state index is -2.64. The highest BCUT2D eigenvalue weighted by molar-refractivity contribution is 5.68. The summed E-state index contributed by atoms with van der Waals surface area (Å²) in [4.78, 5) is 31.3. The van der Waals surface area contributed by atoms with Crippen LogP contribution in [0.4, 0.5) is 0 Å². The van der Waals surface area contributed by atoms with Gasteiger partial charge in [0.25, 0.3) is 5.79 Å². The van der Waals surface area contributed by atoms with Crippen LogP contribution in [-0.2, 0) is 19.1 Å². The Labute approximate surface area is 106 Å². The Hall–Kier alpha value is -2.26. The summed E-state index contributed by atoms with van der Waals surface area (Å²) < 4.78 is 8.87. The minimum Gasteiger partial charge on any atom is -0.425 e. The number of esters is 2. The summed E-state index contributed by atoms with van der Waals surface area (Å²) in [6.07, 6.45) is 1.87. The molecule has 0 aliphatic heterocycles. The van der Waals surface area contributed by atoms with Crippen molar-refractivity contribution in [2.75, 3.05) is 0 Å². The predicted molar refractivity (Wildman–Crippen MR) is 57.6 cm³/mol. The summed E-state index contributed by atoms with van der Waals surface area (Å²) in [5, 5.41) is 30.4. The van der Waals surface area contributed by atoms with Crippen LogP contribution >= 0.6 is 0 Å². The summed E-state index contributed by atoms with van der Waals surface area (Å²) in [7, 11) is 0. The van der Waals surface area contributed by atoms with Gasteiger partial charge in [-0.1, -0.05) is 0 Å². The van der Waals surface area contributed by atoms with E-state index in [-0.39, 0.29) is 0 Å². The lowest BCUT2D eigenvalue weighted by molar-refractivity contribution is -0.456. The van der Waals surface area contributed by atoms with Gasteiger partial charge in [0.15, 0.2) is 0 Å². The van der Waals surface area contributed by atoms with E-state index in [1.807, 2.05) is 0 Å². The average Bonchev–Trinajstić information content (AvgIpc) is 2.20. The molecule has 0 aromatic heterocycles. The van der Waals surface area contributed by atoms with Crippen LogP contribution in [0.25, 0.3) is 0 Å². The first-order valence-electron chi connectivity index (χ1n) is 5.00. The normalized spacial score (nSPS) is 29.4. The van der Waals surface area contributed by atoms with Crippen LogP contribution in [0.2, 0.25) is 0 Å². The van der Waals surface area contributed by atoms with Gasteiger partial charge in [-0.15, -0.1) is 0 Å². The topological polar surface area (TPSA) is 136 Å². The van der Waals surface area contributed by atoms with Crippen molar-refractivity contribution >= 4 is 11.9 Å². The fraction of sp³-hybridized carbons (Fsp3) is 0.400. The molecule has 1 rings (SSSR count). The molecule has 0 saturated heterocycles. The molecule has 0 aromatic carbocycles. The maximum Gasteiger partial charge on any atom is 0.325 e. The van der Waals surface area contributed by atoms with Crippen molar-refractivity contribution in [2.45, 2.75) is 25.4 Å². The van der Waals surface area contributed by atoms with Gasteiger partial charge in [0.05, 0.1) is 11.0 Å². The highest BCUT2D eigenvalue weighted by Gasteiger charge is 2.49. The molecule has 9 heteroatoms. The van der Waals surface area contributed by atoms with Crippen LogP contribution in [0.1, 0.15) is 13.8 Å². The highest BCUT2D eigenvalue weighted by Crippen LogP contribution is 2.31. The number of aliphatic hydroxyl groups is 2. The first kappa shape index (κ1) is 14.8. The zero-order chi connectivity index (χ0) is 14.8. The molecule has 2 N–H and O–H groups in total. The molecule has 0 bridgehead atoms. The van der Waals surface area contributed by atoms with E-state index in [4.69, 9.17) is 0 Å². The van der Waals surface area contributed by atoms with Crippen molar-refractivity contribution in [3.05, 3.63) is 34.0 Å². The van der Waals surface area contributed by atoms with Gasteiger partial charge < -0.3 is 19.7 Å². The Morgan fingerprint density at radius 1 is 1.21 bits per heavy atom. The molecule has 0 radical (unpaired) electrons. The van der Waals surface area contributed by atoms with Crippen molar-refractivity contribution in [1.82, 2.24) is 0 Å². The summed E-state index contributed by atoms with van der Waals surface area (Å²) >= 11 is 0. The lowest BCUT2D eigenvalue weighted by atomic mass is 10.0. The molecule has 0 aromatic rings. The third-order valence-electron chi connectivity index (χ3n) is 2.06. The van der Waals surface area contributed by atoms with Gasteiger partial charge in [-0.05, 0) is 6.08 Å². The molecular formula is C10H11NO8. The van der Waals surface area contributed by atoms with Crippen LogP contribution in [0.3, 0.4) is 0 Å². The van der Waals surface area contributed by atoms with E-state index in [1.165, 1.54) is 0 Å². The molecule has 0 fully saturated rings. The van der Waals surface area contributed by atoms with Gasteiger partial charge in [-0.3, -0.25) is 19.7 Å². The zero-order valence-electron chi connectivity index (χ0n) is 10.0. The highest BCUT2D eigenvalue weighted by atomic mass is 16.7. The van der Waals surface area contributed by atoms with Crippen LogP contribution in [0.5, 0.6) is 0 Å². The molecule has 1 aliphatic rings. The van der Waals surface area contributed by atoms with E-state index in [9.17, 15) is 29.9 Å². The molecule has 0 amide bonds. The first-order chi connectivity index (χ1) is 8.58. The SMILES string of the molecule is CC(=O)OC1(O)C=CC(O)(OC(C)=O)C([N+](=O)[O-])=C1. The molecule has 104 valence electrons. The second-order valence-electron chi connectivity index (χ2n) is 3.76. The van der Waals surface area contributed by atoms with Crippen LogP contribution in [-0.4, -0.2) is 38.6 Å². The third kappa shape index (κ3) is 3.36. The molecule has 9 nitrogen and oxygen atoms in total. The van der Waals surface area contributed by atoms with Crippen LogP contribution in [0.15, 0.2) is 23.9 Å². The van der Waals surface area contributed by atoms with E-state index in [1.54, 1.807) is 0 Å². The van der Waals surface area contributed by atoms with E-state index in [2.05, 4.69) is 9.47 Å². The van der Waals surface area contributed by atoms with Gasteiger partial charge in [0.2, 0.25) is 0 Å². The Kier molecular flexibility index (Phi) is 3.73. The second kappa shape index (κ2) is 4.78. The van der Waals surface area contributed by atoms with Gasteiger partial charge in [-0.25, -0.2) is 0 Å². The van der Waals surface area contributed by atoms with E-state index < -0.39 is 34.1 Å². The number of ether oxygens (including phenoxy) is 2. The lowest BCUT2D eigenvalue weighted by Crippen LogP contribution is -2.44. The number of rotatable bonds is 3. The summed E-state index contributed by atoms with van der Waals surface area (Å²) in [6, 6.07) is 0. The Morgan fingerprint density at radius 2 is 1.74 bits per heavy atom. The quantitative estimate of drug-likeness (QED) is 0.224. The Balaban J connectivity index is 3.20. The van der Waals surface area contributed by atoms with Gasteiger partial charge in [0, 0.05) is 19.9 Å². The molecule has 0 saturated carbocycles. The molecule has 0 spiro atoms. The number of nitrogens with zero attached hydrogens (tertiary/aromatic N) is 1. The number of hydrogen-bond donors (Lipinski definition) is 2. The summed E-state index contributed by atoms with van der Waals surface area (Å²) in [5.74, 6) is -6.90. The first-order valence-corrected chi connectivity index (χ1v) is 5.00. The van der Waals surface area contributed by atoms with Gasteiger partial charge in [-0.2, -0.15) is 0 Å². The second-order valence-corrected chi connectivity index (χ2v) is 3.76. The Bertz CT molecular complexity index is 496. The molecule has 19 heavy (non-hydrogen) atoms. The fourth-order valence-electron chi connectivity index (χ4n) is 1.45. The number of nitro groups is 1. The number of carbonyl (C=O) groups excluding carboxylic acids is 2. The molecule has 1 aliphatic carbocycles. The van der Waals surface area contributed by atoms with Crippen molar-refractivity contribution in [3.8, 4) is 0 Å². The third-order valence-corrected chi connectivity index (χ3v) is 2.06. The molecule has 2 atom stereocenters. The van der Waals surface area contributed by atoms with Crippen molar-refractivity contribution in [3.63, 3.8) is 0 Å². The minimum absolute atomic E-state index is 0.470. The number of hydrogen-bond acceptors (Lipinski definition) is 8. The van der Waals surface area contributed by atoms with E-state index in [0.717, 1.165) is 19.9 Å². The summed E-state index contributed by atoms with van der Waals surface area (Å²) in [5.41, 5.74) is -1.05. The van der Waals surface area contributed by atoms with Crippen molar-refractivity contribution < 1.29 is 34.2 Å². The largest absolute Gasteiger partial charge is 0.425 e. The summed E-state index contributed by atoms with van der Waals surface area (Å²) in [6.45, 7) is 1.93. The monoisotopic (exact) mass is 273 g/mol. The predicted octanol–water partition coefficient (Wildman–Crippen LogP) is -0.780. The Morgan fingerprint density at radius 3 is 2.16 bits per heavy atom. The van der Waals surface area contributed by atoms with E-state index >= 15 is 0 Å². The molecule has 0 heterocycles. The number of carbonyl (C=O) groups is 2. The zero-order valence-corrected chi connectivity index (χ0v) is 10.0. The van der Waals surface area contributed by atoms with E-state index in [0.29, 0.717) is 12.2 Å². The maximum atomic E-state index is 10.8. The van der Waals surface area contributed by atoms with Crippen molar-refractivity contribution in [1.29, 1.82) is 0 Å². The van der Waals surface area contributed by atoms with Gasteiger partial charge >= 0.3 is 23.4 Å². The van der Waals surface area contributed by atoms with Crippen LogP contribution < -0.4 is 0 Å². The van der Waals surface area contributed by atoms with Crippen LogP contribution in [0, 0.1) is 10.1 Å². The van der Waals surface area contributed by atoms with Gasteiger partial charge in [0.1, 0.15) is 0 Å². The molecule has 2 unspecified atom stereocenters. The fourth-order valence-corrected chi connectivity index (χ4v) is 1.45. The lowest BCUT2D eigenvalue weighted by Gasteiger charge is -2.29. The standard InChI is InChI=1S/C10H11NO8/c1-6(12)18-9(14)3-4-10(15,19-7(2)13)8(5-9)11(16)17/h3-5,14-15H,1-2H3.